The van der Waals surface area contributed by atoms with Crippen LogP contribution in [-0.2, 0) is 34.0 Å². The van der Waals surface area contributed by atoms with Crippen LogP contribution in [0.1, 0.15) is 23.3 Å². The van der Waals surface area contributed by atoms with E-state index in [1.807, 2.05) is 0 Å². The number of hydrogen-bond acceptors (Lipinski definition) is 5. The van der Waals surface area contributed by atoms with Gasteiger partial charge < -0.3 is 14.5 Å². The molecule has 0 aliphatic heterocycles. The minimum absolute atomic E-state index is 0.151. The lowest BCUT2D eigenvalue weighted by molar-refractivity contribution is -0.122. The number of carbonyl (C=O) groups is 1. The number of benzene rings is 2. The summed E-state index contributed by atoms with van der Waals surface area (Å²) in [6.07, 6.45) is 4.46. The van der Waals surface area contributed by atoms with Crippen LogP contribution in [0.25, 0.3) is 11.0 Å². The SMILES string of the molecule is Cn1ccnc1C(NC(=O)Cn1c(CS(C)(=O)=O)nc2ccccc21)c1cccc(F)c1. The van der Waals surface area contributed by atoms with Crippen LogP contribution in [-0.4, -0.2) is 39.7 Å². The molecule has 1 atom stereocenters. The summed E-state index contributed by atoms with van der Waals surface area (Å²) in [5.74, 6) is -0.284. The van der Waals surface area contributed by atoms with E-state index in [1.165, 1.54) is 12.1 Å². The van der Waals surface area contributed by atoms with Crippen molar-refractivity contribution < 1.29 is 17.6 Å². The third-order valence-electron chi connectivity index (χ3n) is 5.03. The molecule has 166 valence electrons. The van der Waals surface area contributed by atoms with Crippen LogP contribution in [0.3, 0.4) is 0 Å². The smallest absolute Gasteiger partial charge is 0.240 e. The Morgan fingerprint density at radius 3 is 2.66 bits per heavy atom. The number of rotatable bonds is 7. The number of halogens is 1. The van der Waals surface area contributed by atoms with Gasteiger partial charge in [-0.05, 0) is 29.8 Å². The number of nitrogens with one attached hydrogen (secondary N) is 1. The van der Waals surface area contributed by atoms with Gasteiger partial charge in [0, 0.05) is 25.7 Å². The van der Waals surface area contributed by atoms with Gasteiger partial charge in [0.25, 0.3) is 0 Å². The molecule has 2 heterocycles. The van der Waals surface area contributed by atoms with Crippen LogP contribution in [0.5, 0.6) is 0 Å². The highest BCUT2D eigenvalue weighted by atomic mass is 32.2. The first-order valence-corrected chi connectivity index (χ1v) is 11.9. The van der Waals surface area contributed by atoms with Crippen LogP contribution in [0.15, 0.2) is 60.9 Å². The maximum Gasteiger partial charge on any atom is 0.240 e. The van der Waals surface area contributed by atoms with Gasteiger partial charge in [-0.3, -0.25) is 4.79 Å². The minimum Gasteiger partial charge on any atom is -0.341 e. The standard InChI is InChI=1S/C22H22FN5O3S/c1-27-11-10-24-22(27)21(15-6-5-7-16(23)12-15)26-20(29)13-28-18-9-4-3-8-17(18)25-19(28)14-32(2,30)31/h3-12,21H,13-14H2,1-2H3,(H,26,29). The van der Waals surface area contributed by atoms with Crippen molar-refractivity contribution in [3.63, 3.8) is 0 Å². The average molecular weight is 456 g/mol. The summed E-state index contributed by atoms with van der Waals surface area (Å²) in [7, 11) is -1.58. The first-order chi connectivity index (χ1) is 15.2. The molecule has 1 unspecified atom stereocenters. The van der Waals surface area contributed by atoms with Crippen molar-refractivity contribution in [1.82, 2.24) is 24.4 Å². The molecule has 0 aliphatic carbocycles. The zero-order valence-electron chi connectivity index (χ0n) is 17.6. The highest BCUT2D eigenvalue weighted by molar-refractivity contribution is 7.89. The minimum atomic E-state index is -3.37. The largest absolute Gasteiger partial charge is 0.341 e. The third-order valence-corrected chi connectivity index (χ3v) is 5.81. The van der Waals surface area contributed by atoms with E-state index in [4.69, 9.17) is 0 Å². The normalized spacial score (nSPS) is 12.7. The number of para-hydroxylation sites is 2. The molecule has 4 rings (SSSR count). The molecule has 0 saturated heterocycles. The Labute approximate surface area is 184 Å². The molecule has 4 aromatic rings. The molecule has 1 N–H and O–H groups in total. The van der Waals surface area contributed by atoms with Gasteiger partial charge in [-0.1, -0.05) is 24.3 Å². The fourth-order valence-electron chi connectivity index (χ4n) is 3.64. The van der Waals surface area contributed by atoms with Crippen molar-refractivity contribution in [1.29, 1.82) is 0 Å². The number of amides is 1. The fourth-order valence-corrected chi connectivity index (χ4v) is 4.32. The van der Waals surface area contributed by atoms with Gasteiger partial charge in [0.05, 0.1) is 11.0 Å². The molecule has 0 aliphatic rings. The topological polar surface area (TPSA) is 98.9 Å². The van der Waals surface area contributed by atoms with Gasteiger partial charge in [0.2, 0.25) is 5.91 Å². The monoisotopic (exact) mass is 455 g/mol. The van der Waals surface area contributed by atoms with Gasteiger partial charge in [0.15, 0.2) is 9.84 Å². The molecular weight excluding hydrogens is 433 g/mol. The average Bonchev–Trinajstić information content (AvgIpc) is 3.28. The van der Waals surface area contributed by atoms with Gasteiger partial charge in [0.1, 0.15) is 35.8 Å². The number of aryl methyl sites for hydroxylation is 1. The van der Waals surface area contributed by atoms with Crippen LogP contribution >= 0.6 is 0 Å². The number of carbonyl (C=O) groups excluding carboxylic acids is 1. The number of sulfone groups is 1. The highest BCUT2D eigenvalue weighted by Gasteiger charge is 2.23. The number of hydrogen-bond donors (Lipinski definition) is 1. The molecule has 2 aromatic heterocycles. The van der Waals surface area contributed by atoms with Crippen LogP contribution in [0.2, 0.25) is 0 Å². The van der Waals surface area contributed by atoms with Gasteiger partial charge >= 0.3 is 0 Å². The van der Waals surface area contributed by atoms with E-state index in [0.29, 0.717) is 22.4 Å². The number of aromatic nitrogens is 4. The molecular formula is C22H22FN5O3S. The number of nitrogens with zero attached hydrogens (tertiary/aromatic N) is 4. The zero-order valence-corrected chi connectivity index (χ0v) is 18.4. The lowest BCUT2D eigenvalue weighted by atomic mass is 10.1. The summed E-state index contributed by atoms with van der Waals surface area (Å²) in [4.78, 5) is 21.8. The van der Waals surface area contributed by atoms with Crippen molar-refractivity contribution in [2.75, 3.05) is 6.26 Å². The van der Waals surface area contributed by atoms with Crippen molar-refractivity contribution in [2.45, 2.75) is 18.3 Å². The summed E-state index contributed by atoms with van der Waals surface area (Å²) >= 11 is 0. The quantitative estimate of drug-likeness (QED) is 0.461. The molecule has 0 saturated carbocycles. The molecule has 10 heteroatoms. The predicted octanol–water partition coefficient (Wildman–Crippen LogP) is 2.36. The van der Waals surface area contributed by atoms with E-state index >= 15 is 0 Å². The first-order valence-electron chi connectivity index (χ1n) is 9.85. The maximum atomic E-state index is 13.9. The Morgan fingerprint density at radius 1 is 1.19 bits per heavy atom. The Bertz CT molecular complexity index is 1390. The lowest BCUT2D eigenvalue weighted by Crippen LogP contribution is -2.34. The van der Waals surface area contributed by atoms with Crippen molar-refractivity contribution in [2.24, 2.45) is 7.05 Å². The van der Waals surface area contributed by atoms with E-state index in [-0.39, 0.29) is 24.0 Å². The lowest BCUT2D eigenvalue weighted by Gasteiger charge is -2.20. The summed E-state index contributed by atoms with van der Waals surface area (Å²) < 4.78 is 41.0. The van der Waals surface area contributed by atoms with E-state index in [1.54, 1.807) is 65.0 Å². The van der Waals surface area contributed by atoms with Gasteiger partial charge in [-0.15, -0.1) is 0 Å². The first kappa shape index (κ1) is 21.7. The molecule has 0 fully saturated rings. The van der Waals surface area contributed by atoms with Crippen LogP contribution < -0.4 is 5.32 Å². The number of imidazole rings is 2. The van der Waals surface area contributed by atoms with Crippen molar-refractivity contribution in [3.8, 4) is 0 Å². The van der Waals surface area contributed by atoms with E-state index in [2.05, 4.69) is 15.3 Å². The summed E-state index contributed by atoms with van der Waals surface area (Å²) in [5, 5.41) is 2.91. The van der Waals surface area contributed by atoms with E-state index in [9.17, 15) is 17.6 Å². The maximum absolute atomic E-state index is 13.9. The van der Waals surface area contributed by atoms with Crippen molar-refractivity contribution in [3.05, 3.63) is 84.0 Å². The Morgan fingerprint density at radius 2 is 1.97 bits per heavy atom. The van der Waals surface area contributed by atoms with Gasteiger partial charge in [-0.2, -0.15) is 0 Å². The summed E-state index contributed by atoms with van der Waals surface area (Å²) in [6.45, 7) is -0.151. The Balaban J connectivity index is 1.68. The Hall–Kier alpha value is -3.53. The zero-order chi connectivity index (χ0) is 22.9. The Kier molecular flexibility index (Phi) is 5.79. The van der Waals surface area contributed by atoms with E-state index in [0.717, 1.165) is 6.26 Å². The molecule has 0 radical (unpaired) electrons. The molecule has 1 amide bonds. The highest BCUT2D eigenvalue weighted by Crippen LogP contribution is 2.22. The molecule has 2 aromatic carbocycles. The molecule has 32 heavy (non-hydrogen) atoms. The second-order valence-electron chi connectivity index (χ2n) is 7.62. The number of fused-ring (bicyclic) bond motifs is 1. The van der Waals surface area contributed by atoms with Crippen LogP contribution in [0.4, 0.5) is 4.39 Å². The second kappa shape index (κ2) is 8.54. The van der Waals surface area contributed by atoms with Crippen molar-refractivity contribution >= 4 is 26.8 Å². The third kappa shape index (κ3) is 4.70. The summed E-state index contributed by atoms with van der Waals surface area (Å²) in [6, 6.07) is 12.4. The fraction of sp³-hybridized carbons (Fsp3) is 0.227. The van der Waals surface area contributed by atoms with Gasteiger partial charge in [-0.25, -0.2) is 22.8 Å². The molecule has 0 bridgehead atoms. The predicted molar refractivity (Wildman–Crippen MR) is 118 cm³/mol. The molecule has 8 nitrogen and oxygen atoms in total. The second-order valence-corrected chi connectivity index (χ2v) is 9.77. The summed E-state index contributed by atoms with van der Waals surface area (Å²) in [5.41, 5.74) is 1.80. The van der Waals surface area contributed by atoms with Crippen LogP contribution in [0, 0.1) is 5.82 Å². The molecule has 0 spiro atoms. The van der Waals surface area contributed by atoms with E-state index < -0.39 is 21.7 Å².